The number of hydrogen-bond donors (Lipinski definition) is 1. The maximum atomic E-state index is 12.8. The molecule has 0 bridgehead atoms. The Bertz CT molecular complexity index is 1270. The maximum absolute atomic E-state index is 12.8. The Morgan fingerprint density at radius 1 is 1.08 bits per heavy atom. The molecule has 0 spiro atoms. The third kappa shape index (κ3) is 6.75. The second-order valence-electron chi connectivity index (χ2n) is 8.65. The number of nitrogens with one attached hydrogen (secondary N) is 1. The van der Waals surface area contributed by atoms with Crippen molar-refractivity contribution in [3.05, 3.63) is 53.6 Å². The van der Waals surface area contributed by atoms with E-state index in [0.29, 0.717) is 37.7 Å². The van der Waals surface area contributed by atoms with Gasteiger partial charge >= 0.3 is 0 Å². The third-order valence-corrected chi connectivity index (χ3v) is 8.93. The minimum absolute atomic E-state index is 0.121. The SMILES string of the molecule is Cc1ccc(C)c(N([C@H](C)C(=O)NCCOc2ccc(S(=O)(=O)N3CCOCC3)cc2)S(C)(=O)=O)c1. The van der Waals surface area contributed by atoms with Gasteiger partial charge < -0.3 is 14.8 Å². The smallest absolute Gasteiger partial charge is 0.243 e. The molecule has 3 rings (SSSR count). The number of rotatable bonds is 10. The van der Waals surface area contributed by atoms with Gasteiger partial charge in [0.1, 0.15) is 18.4 Å². The van der Waals surface area contributed by atoms with Crippen LogP contribution < -0.4 is 14.4 Å². The van der Waals surface area contributed by atoms with Crippen LogP contribution in [0.3, 0.4) is 0 Å². The highest BCUT2D eigenvalue weighted by atomic mass is 32.2. The summed E-state index contributed by atoms with van der Waals surface area (Å²) in [4.78, 5) is 12.9. The van der Waals surface area contributed by atoms with Gasteiger partial charge in [0.25, 0.3) is 0 Å². The van der Waals surface area contributed by atoms with E-state index < -0.39 is 32.0 Å². The topological polar surface area (TPSA) is 122 Å². The van der Waals surface area contributed by atoms with Crippen LogP contribution in [-0.4, -0.2) is 78.8 Å². The third-order valence-electron chi connectivity index (χ3n) is 5.79. The van der Waals surface area contributed by atoms with Crippen LogP contribution in [0.1, 0.15) is 18.1 Å². The quantitative estimate of drug-likeness (QED) is 0.456. The average molecular weight is 540 g/mol. The second-order valence-corrected chi connectivity index (χ2v) is 12.4. The Morgan fingerprint density at radius 2 is 1.72 bits per heavy atom. The Labute approximate surface area is 213 Å². The molecule has 12 heteroatoms. The molecular formula is C24H33N3O7S2. The van der Waals surface area contributed by atoms with E-state index in [-0.39, 0.29) is 18.0 Å². The van der Waals surface area contributed by atoms with E-state index in [9.17, 15) is 21.6 Å². The number of ether oxygens (including phenoxy) is 2. The lowest BCUT2D eigenvalue weighted by molar-refractivity contribution is -0.121. The van der Waals surface area contributed by atoms with Gasteiger partial charge in [-0.3, -0.25) is 9.10 Å². The van der Waals surface area contributed by atoms with Crippen LogP contribution in [0.2, 0.25) is 0 Å². The van der Waals surface area contributed by atoms with Crippen molar-refractivity contribution >= 4 is 31.6 Å². The van der Waals surface area contributed by atoms with Crippen LogP contribution in [-0.2, 0) is 29.6 Å². The number of aryl methyl sites for hydroxylation is 2. The minimum Gasteiger partial charge on any atom is -0.492 e. The number of benzene rings is 2. The number of hydrogen-bond acceptors (Lipinski definition) is 7. The Hall–Kier alpha value is -2.67. The summed E-state index contributed by atoms with van der Waals surface area (Å²) in [5.74, 6) is -0.0109. The number of nitrogens with zero attached hydrogens (tertiary/aromatic N) is 2. The maximum Gasteiger partial charge on any atom is 0.243 e. The molecule has 2 aromatic carbocycles. The summed E-state index contributed by atoms with van der Waals surface area (Å²) >= 11 is 0. The average Bonchev–Trinajstić information content (AvgIpc) is 2.84. The molecule has 0 radical (unpaired) electrons. The first kappa shape index (κ1) is 27.9. The van der Waals surface area contributed by atoms with Crippen LogP contribution in [0.4, 0.5) is 5.69 Å². The van der Waals surface area contributed by atoms with E-state index in [1.807, 2.05) is 19.1 Å². The van der Waals surface area contributed by atoms with Crippen LogP contribution in [0.15, 0.2) is 47.4 Å². The molecule has 0 aromatic heterocycles. The largest absolute Gasteiger partial charge is 0.492 e. The number of carbonyl (C=O) groups excluding carboxylic acids is 1. The minimum atomic E-state index is -3.72. The van der Waals surface area contributed by atoms with Crippen LogP contribution in [0.5, 0.6) is 5.75 Å². The van der Waals surface area contributed by atoms with Gasteiger partial charge in [0.05, 0.1) is 36.6 Å². The van der Waals surface area contributed by atoms with Gasteiger partial charge in [0.2, 0.25) is 26.0 Å². The zero-order valence-corrected chi connectivity index (χ0v) is 22.6. The standard InChI is InChI=1S/C24H33N3O7S2/c1-18-5-6-19(2)23(17-18)27(35(4,29)30)20(3)24(28)25-11-14-34-21-7-9-22(10-8-21)36(31,32)26-12-15-33-16-13-26/h5-10,17,20H,11-16H2,1-4H3,(H,25,28)/t20-/m1/s1. The van der Waals surface area contributed by atoms with Crippen molar-refractivity contribution in [1.82, 2.24) is 9.62 Å². The molecule has 36 heavy (non-hydrogen) atoms. The van der Waals surface area contributed by atoms with Gasteiger partial charge in [-0.15, -0.1) is 0 Å². The van der Waals surface area contributed by atoms with Gasteiger partial charge in [-0.2, -0.15) is 4.31 Å². The Balaban J connectivity index is 1.56. The number of anilines is 1. The van der Waals surface area contributed by atoms with Crippen molar-refractivity contribution < 1.29 is 31.1 Å². The highest BCUT2D eigenvalue weighted by Crippen LogP contribution is 2.26. The number of amides is 1. The first-order chi connectivity index (χ1) is 16.9. The van der Waals surface area contributed by atoms with E-state index in [2.05, 4.69) is 5.32 Å². The fraction of sp³-hybridized carbons (Fsp3) is 0.458. The van der Waals surface area contributed by atoms with Gasteiger partial charge in [-0.25, -0.2) is 16.8 Å². The summed E-state index contributed by atoms with van der Waals surface area (Å²) in [5.41, 5.74) is 2.09. The van der Waals surface area contributed by atoms with E-state index in [1.165, 1.54) is 23.4 Å². The van der Waals surface area contributed by atoms with Crippen LogP contribution >= 0.6 is 0 Å². The molecule has 1 aliphatic rings. The van der Waals surface area contributed by atoms with Crippen molar-refractivity contribution in [2.24, 2.45) is 0 Å². The fourth-order valence-electron chi connectivity index (χ4n) is 3.87. The molecule has 1 saturated heterocycles. The number of sulfonamides is 2. The van der Waals surface area contributed by atoms with Crippen molar-refractivity contribution in [2.75, 3.05) is 50.0 Å². The molecule has 198 valence electrons. The molecule has 1 aliphatic heterocycles. The molecular weight excluding hydrogens is 506 g/mol. The van der Waals surface area contributed by atoms with Crippen molar-refractivity contribution in [1.29, 1.82) is 0 Å². The summed E-state index contributed by atoms with van der Waals surface area (Å²) in [6.07, 6.45) is 1.07. The predicted octanol–water partition coefficient (Wildman–Crippen LogP) is 1.67. The fourth-order valence-corrected chi connectivity index (χ4v) is 6.50. The summed E-state index contributed by atoms with van der Waals surface area (Å²) < 4.78 is 63.8. The highest BCUT2D eigenvalue weighted by molar-refractivity contribution is 7.92. The van der Waals surface area contributed by atoms with Gasteiger partial charge in [-0.1, -0.05) is 12.1 Å². The molecule has 1 N–H and O–H groups in total. The molecule has 0 unspecified atom stereocenters. The van der Waals surface area contributed by atoms with E-state index >= 15 is 0 Å². The number of morpholine rings is 1. The summed E-state index contributed by atoms with van der Waals surface area (Å²) in [5, 5.41) is 2.70. The summed E-state index contributed by atoms with van der Waals surface area (Å²) in [7, 11) is -7.30. The molecule has 1 amide bonds. The first-order valence-electron chi connectivity index (χ1n) is 11.6. The van der Waals surface area contributed by atoms with Crippen molar-refractivity contribution in [2.45, 2.75) is 31.7 Å². The highest BCUT2D eigenvalue weighted by Gasteiger charge is 2.30. The molecule has 1 fully saturated rings. The lowest BCUT2D eigenvalue weighted by Crippen LogP contribution is -2.48. The predicted molar refractivity (Wildman–Crippen MR) is 137 cm³/mol. The van der Waals surface area contributed by atoms with Crippen molar-refractivity contribution in [3.63, 3.8) is 0 Å². The van der Waals surface area contributed by atoms with Crippen LogP contribution in [0.25, 0.3) is 0 Å². The zero-order valence-electron chi connectivity index (χ0n) is 20.9. The van der Waals surface area contributed by atoms with E-state index in [1.54, 1.807) is 25.1 Å². The van der Waals surface area contributed by atoms with Crippen molar-refractivity contribution in [3.8, 4) is 5.75 Å². The lowest BCUT2D eigenvalue weighted by atomic mass is 10.1. The molecule has 10 nitrogen and oxygen atoms in total. The molecule has 1 atom stereocenters. The van der Waals surface area contributed by atoms with E-state index in [0.717, 1.165) is 21.7 Å². The van der Waals surface area contributed by atoms with Gasteiger partial charge in [-0.05, 0) is 62.2 Å². The second kappa shape index (κ2) is 11.6. The Morgan fingerprint density at radius 3 is 2.33 bits per heavy atom. The molecule has 0 aliphatic carbocycles. The van der Waals surface area contributed by atoms with Crippen LogP contribution in [0, 0.1) is 13.8 Å². The summed E-state index contributed by atoms with van der Waals surface area (Å²) in [6.45, 7) is 6.83. The first-order valence-corrected chi connectivity index (χ1v) is 14.9. The van der Waals surface area contributed by atoms with Gasteiger partial charge in [0.15, 0.2) is 0 Å². The van der Waals surface area contributed by atoms with Gasteiger partial charge in [0, 0.05) is 13.1 Å². The summed E-state index contributed by atoms with van der Waals surface area (Å²) in [6, 6.07) is 10.6. The molecule has 2 aromatic rings. The zero-order chi connectivity index (χ0) is 26.5. The number of carbonyl (C=O) groups is 1. The lowest BCUT2D eigenvalue weighted by Gasteiger charge is -2.29. The molecule has 1 heterocycles. The van der Waals surface area contributed by atoms with E-state index in [4.69, 9.17) is 9.47 Å². The normalized spacial score (nSPS) is 15.8. The Kier molecular flexibility index (Phi) is 8.98. The monoisotopic (exact) mass is 539 g/mol. The molecule has 0 saturated carbocycles.